The Morgan fingerprint density at radius 3 is 2.57 bits per heavy atom. The number of halogens is 1. The number of amides is 1. The summed E-state index contributed by atoms with van der Waals surface area (Å²) in [6, 6.07) is 13.6. The lowest BCUT2D eigenvalue weighted by Gasteiger charge is -2.26. The Labute approximate surface area is 205 Å². The van der Waals surface area contributed by atoms with Gasteiger partial charge in [-0.3, -0.25) is 4.79 Å². The quantitative estimate of drug-likeness (QED) is 0.537. The van der Waals surface area contributed by atoms with E-state index in [1.807, 2.05) is 32.3 Å². The first kappa shape index (κ1) is 23.5. The van der Waals surface area contributed by atoms with Gasteiger partial charge in [-0.2, -0.15) is 4.39 Å². The van der Waals surface area contributed by atoms with E-state index < -0.39 is 5.95 Å². The first-order chi connectivity index (χ1) is 16.9. The van der Waals surface area contributed by atoms with Gasteiger partial charge in [0.1, 0.15) is 5.82 Å². The van der Waals surface area contributed by atoms with Crippen molar-refractivity contribution in [2.24, 2.45) is 0 Å². The van der Waals surface area contributed by atoms with Crippen molar-refractivity contribution in [3.05, 3.63) is 70.7 Å². The van der Waals surface area contributed by atoms with E-state index in [2.05, 4.69) is 27.3 Å². The van der Waals surface area contributed by atoms with Gasteiger partial charge in [-0.05, 0) is 85.3 Å². The predicted molar refractivity (Wildman–Crippen MR) is 136 cm³/mol. The molecule has 0 radical (unpaired) electrons. The Bertz CT molecular complexity index is 1270. The van der Waals surface area contributed by atoms with Crippen molar-refractivity contribution in [1.82, 2.24) is 15.2 Å². The fraction of sp³-hybridized carbons (Fsp3) is 0.357. The minimum atomic E-state index is -0.585. The van der Waals surface area contributed by atoms with E-state index in [0.29, 0.717) is 29.2 Å². The molecule has 0 saturated carbocycles. The lowest BCUT2D eigenvalue weighted by atomic mass is 9.86. The number of aromatic nitrogens is 1. The summed E-state index contributed by atoms with van der Waals surface area (Å²) in [4.78, 5) is 18.3. The second-order valence-corrected chi connectivity index (χ2v) is 9.68. The largest absolute Gasteiger partial charge is 0.383 e. The van der Waals surface area contributed by atoms with Crippen LogP contribution in [-0.4, -0.2) is 49.6 Å². The van der Waals surface area contributed by atoms with E-state index in [0.717, 1.165) is 55.7 Å². The van der Waals surface area contributed by atoms with Gasteiger partial charge in [-0.1, -0.05) is 24.3 Å². The smallest absolute Gasteiger partial charge is 0.251 e. The molecule has 0 unspecified atom stereocenters. The number of rotatable bonds is 5. The van der Waals surface area contributed by atoms with Crippen LogP contribution in [-0.2, 0) is 17.7 Å². The Kier molecular flexibility index (Phi) is 6.54. The average molecular weight is 475 g/mol. The minimum Gasteiger partial charge on any atom is -0.383 e. The van der Waals surface area contributed by atoms with E-state index in [1.165, 1.54) is 11.1 Å². The minimum absolute atomic E-state index is 0.0678. The number of hydrogen-bond donors (Lipinski definition) is 2. The standard InChI is InChI=1S/C28H31FN4O2/c1-33(2)16-21-14-18(3-5-22(21)17-8-11-35-12-9-17)24-15-25(27(30)32-26(24)29)19-4-6-23-20(13-19)7-10-31-28(23)34/h3-6,13-15,17H,7-12,16H2,1-2H3,(H2,30,32)(H,31,34). The molecule has 0 aliphatic carbocycles. The number of nitrogens with two attached hydrogens (primary N) is 1. The molecule has 1 fully saturated rings. The van der Waals surface area contributed by atoms with E-state index in [1.54, 1.807) is 12.1 Å². The molecule has 3 heterocycles. The van der Waals surface area contributed by atoms with Crippen molar-refractivity contribution in [2.45, 2.75) is 31.7 Å². The second kappa shape index (κ2) is 9.76. The molecule has 3 N–H and O–H groups in total. The number of pyridine rings is 1. The van der Waals surface area contributed by atoms with Crippen LogP contribution in [0.3, 0.4) is 0 Å². The van der Waals surface area contributed by atoms with Crippen LogP contribution in [0.4, 0.5) is 10.2 Å². The molecule has 6 nitrogen and oxygen atoms in total. The fourth-order valence-corrected chi connectivity index (χ4v) is 5.19. The van der Waals surface area contributed by atoms with Crippen molar-refractivity contribution in [1.29, 1.82) is 0 Å². The summed E-state index contributed by atoms with van der Waals surface area (Å²) in [5.74, 6) is -0.0656. The van der Waals surface area contributed by atoms with Gasteiger partial charge in [-0.15, -0.1) is 0 Å². The third-order valence-electron chi connectivity index (χ3n) is 6.95. The Morgan fingerprint density at radius 1 is 1.06 bits per heavy atom. The molecule has 3 aromatic rings. The zero-order valence-electron chi connectivity index (χ0n) is 20.2. The third-order valence-corrected chi connectivity index (χ3v) is 6.95. The van der Waals surface area contributed by atoms with E-state index in [-0.39, 0.29) is 11.7 Å². The third kappa shape index (κ3) is 4.79. The van der Waals surface area contributed by atoms with Crippen LogP contribution in [0.2, 0.25) is 0 Å². The highest BCUT2D eigenvalue weighted by Gasteiger charge is 2.22. The summed E-state index contributed by atoms with van der Waals surface area (Å²) in [5.41, 5.74) is 13.0. The number of carbonyl (C=O) groups is 1. The molecular formula is C28H31FN4O2. The van der Waals surface area contributed by atoms with Crippen LogP contribution in [0.15, 0.2) is 42.5 Å². The first-order valence-corrected chi connectivity index (χ1v) is 12.1. The van der Waals surface area contributed by atoms with Crippen molar-refractivity contribution in [2.75, 3.05) is 39.6 Å². The number of nitrogens with zero attached hydrogens (tertiary/aromatic N) is 2. The normalized spacial score (nSPS) is 16.3. The number of benzene rings is 2. The number of fused-ring (bicyclic) bond motifs is 1. The van der Waals surface area contributed by atoms with Crippen molar-refractivity contribution in [3.8, 4) is 22.3 Å². The summed E-state index contributed by atoms with van der Waals surface area (Å²) < 4.78 is 20.7. The molecule has 0 bridgehead atoms. The van der Waals surface area contributed by atoms with Crippen LogP contribution >= 0.6 is 0 Å². The summed E-state index contributed by atoms with van der Waals surface area (Å²) in [6.45, 7) is 2.92. The highest BCUT2D eigenvalue weighted by Crippen LogP contribution is 2.36. The molecule has 0 spiro atoms. The number of nitrogen functional groups attached to an aromatic ring is 1. The number of carbonyl (C=O) groups excluding carboxylic acids is 1. The molecular weight excluding hydrogens is 443 g/mol. The summed E-state index contributed by atoms with van der Waals surface area (Å²) in [6.07, 6.45) is 2.74. The van der Waals surface area contributed by atoms with Gasteiger partial charge in [0.05, 0.1) is 0 Å². The average Bonchev–Trinajstić information content (AvgIpc) is 2.84. The van der Waals surface area contributed by atoms with Gasteiger partial charge >= 0.3 is 0 Å². The van der Waals surface area contributed by atoms with Gasteiger partial charge in [0.15, 0.2) is 0 Å². The van der Waals surface area contributed by atoms with Crippen molar-refractivity contribution in [3.63, 3.8) is 0 Å². The van der Waals surface area contributed by atoms with Crippen LogP contribution in [0, 0.1) is 5.95 Å². The highest BCUT2D eigenvalue weighted by molar-refractivity contribution is 5.97. The van der Waals surface area contributed by atoms with E-state index >= 15 is 4.39 Å². The molecule has 5 rings (SSSR count). The highest BCUT2D eigenvalue weighted by atomic mass is 19.1. The molecule has 2 aliphatic rings. The van der Waals surface area contributed by atoms with Crippen LogP contribution in [0.1, 0.15) is 45.8 Å². The second-order valence-electron chi connectivity index (χ2n) is 9.68. The molecule has 2 aliphatic heterocycles. The van der Waals surface area contributed by atoms with Gasteiger partial charge < -0.3 is 20.7 Å². The predicted octanol–water partition coefficient (Wildman–Crippen LogP) is 4.38. The maximum absolute atomic E-state index is 15.1. The maximum Gasteiger partial charge on any atom is 0.251 e. The zero-order valence-corrected chi connectivity index (χ0v) is 20.2. The SMILES string of the molecule is CN(C)Cc1cc(-c2cc(-c3ccc4c(c3)CCNC4=O)c(N)nc2F)ccc1C1CCOCC1. The fourth-order valence-electron chi connectivity index (χ4n) is 5.19. The molecule has 35 heavy (non-hydrogen) atoms. The van der Waals surface area contributed by atoms with Gasteiger partial charge in [0.25, 0.3) is 5.91 Å². The number of hydrogen-bond acceptors (Lipinski definition) is 5. The van der Waals surface area contributed by atoms with Crippen molar-refractivity contribution >= 4 is 11.7 Å². The molecule has 7 heteroatoms. The Hall–Kier alpha value is -3.29. The van der Waals surface area contributed by atoms with Crippen LogP contribution < -0.4 is 11.1 Å². The topological polar surface area (TPSA) is 80.5 Å². The van der Waals surface area contributed by atoms with Gasteiger partial charge in [0, 0.05) is 43.0 Å². The summed E-state index contributed by atoms with van der Waals surface area (Å²) in [7, 11) is 4.08. The zero-order chi connectivity index (χ0) is 24.5. The van der Waals surface area contributed by atoms with Crippen LogP contribution in [0.25, 0.3) is 22.3 Å². The van der Waals surface area contributed by atoms with Crippen LogP contribution in [0.5, 0.6) is 0 Å². The number of anilines is 1. The van der Waals surface area contributed by atoms with Crippen molar-refractivity contribution < 1.29 is 13.9 Å². The summed E-state index contributed by atoms with van der Waals surface area (Å²) >= 11 is 0. The first-order valence-electron chi connectivity index (χ1n) is 12.1. The Morgan fingerprint density at radius 2 is 1.80 bits per heavy atom. The number of ether oxygens (including phenoxy) is 1. The molecule has 2 aromatic carbocycles. The van der Waals surface area contributed by atoms with Gasteiger partial charge in [-0.25, -0.2) is 4.98 Å². The van der Waals surface area contributed by atoms with E-state index in [4.69, 9.17) is 10.5 Å². The Balaban J connectivity index is 1.56. The lowest BCUT2D eigenvalue weighted by Crippen LogP contribution is -2.31. The molecule has 1 saturated heterocycles. The maximum atomic E-state index is 15.1. The summed E-state index contributed by atoms with van der Waals surface area (Å²) in [5, 5.41) is 2.86. The molecule has 1 aromatic heterocycles. The molecule has 0 atom stereocenters. The lowest BCUT2D eigenvalue weighted by molar-refractivity contribution is 0.0850. The van der Waals surface area contributed by atoms with Gasteiger partial charge in [0.2, 0.25) is 5.95 Å². The molecule has 1 amide bonds. The monoisotopic (exact) mass is 474 g/mol. The molecule has 182 valence electrons. The number of nitrogens with one attached hydrogen (secondary N) is 1. The van der Waals surface area contributed by atoms with E-state index in [9.17, 15) is 4.79 Å².